The first kappa shape index (κ1) is 12.8. The second kappa shape index (κ2) is 4.31. The van der Waals surface area contributed by atoms with Gasteiger partial charge in [-0.1, -0.05) is 25.8 Å². The van der Waals surface area contributed by atoms with Crippen LogP contribution in [0.3, 0.4) is 0 Å². The zero-order valence-electron chi connectivity index (χ0n) is 8.33. The zero-order chi connectivity index (χ0) is 11.5. The average Bonchev–Trinajstić information content (AvgIpc) is 2.04. The molecule has 0 amide bonds. The van der Waals surface area contributed by atoms with E-state index in [0.29, 0.717) is 0 Å². The predicted octanol–water partition coefficient (Wildman–Crippen LogP) is 4.18. The number of alkyl halides is 2. The van der Waals surface area contributed by atoms with Crippen molar-refractivity contribution < 1.29 is 13.2 Å². The minimum atomic E-state index is -3.40. The van der Waals surface area contributed by atoms with Gasteiger partial charge in [-0.25, -0.2) is 4.39 Å². The van der Waals surface area contributed by atoms with Gasteiger partial charge >= 0.3 is 0 Å². The summed E-state index contributed by atoms with van der Waals surface area (Å²) in [5.41, 5.74) is -1.26. The first-order chi connectivity index (χ1) is 6.25. The monoisotopic (exact) mass is 202 g/mol. The van der Waals surface area contributed by atoms with E-state index >= 15 is 0 Å². The molecule has 0 fully saturated rings. The molecule has 0 saturated carbocycles. The second-order valence-electron chi connectivity index (χ2n) is 3.07. The Hall–Kier alpha value is -1.25. The normalized spacial score (nSPS) is 13.2. The van der Waals surface area contributed by atoms with Crippen LogP contribution < -0.4 is 0 Å². The maximum Gasteiger partial charge on any atom is 0.296 e. The zero-order valence-corrected chi connectivity index (χ0v) is 8.33. The van der Waals surface area contributed by atoms with Crippen molar-refractivity contribution in [3.8, 4) is 0 Å². The SMILES string of the molecule is C=C/C(=C(/F)C(=C)C)C(F)(F)C(=C)C. The van der Waals surface area contributed by atoms with Crippen molar-refractivity contribution in [2.24, 2.45) is 0 Å². The Morgan fingerprint density at radius 1 is 1.21 bits per heavy atom. The molecule has 0 aromatic rings. The van der Waals surface area contributed by atoms with Crippen molar-refractivity contribution in [2.45, 2.75) is 19.8 Å². The Labute approximate surface area is 82.1 Å². The molecule has 0 saturated heterocycles. The maximum atomic E-state index is 13.3. The van der Waals surface area contributed by atoms with Gasteiger partial charge in [0.2, 0.25) is 0 Å². The van der Waals surface area contributed by atoms with Crippen LogP contribution in [0.1, 0.15) is 13.8 Å². The van der Waals surface area contributed by atoms with E-state index in [2.05, 4.69) is 19.7 Å². The largest absolute Gasteiger partial charge is 0.296 e. The molecule has 0 heterocycles. The molecule has 0 nitrogen and oxygen atoms in total. The molecule has 0 aliphatic heterocycles. The fourth-order valence-electron chi connectivity index (χ4n) is 0.815. The van der Waals surface area contributed by atoms with Crippen LogP contribution in [0, 0.1) is 0 Å². The minimum absolute atomic E-state index is 0.0548. The Morgan fingerprint density at radius 3 is 1.86 bits per heavy atom. The third-order valence-corrected chi connectivity index (χ3v) is 1.69. The highest BCUT2D eigenvalue weighted by Crippen LogP contribution is 2.35. The van der Waals surface area contributed by atoms with E-state index in [0.717, 1.165) is 13.0 Å². The van der Waals surface area contributed by atoms with Crippen LogP contribution in [0.25, 0.3) is 0 Å². The number of hydrogen-bond donors (Lipinski definition) is 0. The number of halogens is 3. The van der Waals surface area contributed by atoms with Gasteiger partial charge in [-0.15, -0.1) is 0 Å². The Kier molecular flexibility index (Phi) is 3.93. The predicted molar refractivity (Wildman–Crippen MR) is 52.9 cm³/mol. The van der Waals surface area contributed by atoms with Gasteiger partial charge in [-0.3, -0.25) is 0 Å². The molecule has 0 unspecified atom stereocenters. The molecule has 0 aromatic carbocycles. The molecule has 3 heteroatoms. The van der Waals surface area contributed by atoms with Crippen LogP contribution in [0.5, 0.6) is 0 Å². The van der Waals surface area contributed by atoms with Gasteiger partial charge in [-0.05, 0) is 25.0 Å². The molecule has 0 spiro atoms. The van der Waals surface area contributed by atoms with Crippen LogP contribution >= 0.6 is 0 Å². The summed E-state index contributed by atoms with van der Waals surface area (Å²) in [5, 5.41) is 0. The first-order valence-electron chi connectivity index (χ1n) is 3.97. The topological polar surface area (TPSA) is 0 Å². The van der Waals surface area contributed by atoms with E-state index in [4.69, 9.17) is 0 Å². The van der Waals surface area contributed by atoms with Crippen LogP contribution in [-0.2, 0) is 0 Å². The van der Waals surface area contributed by atoms with E-state index in [1.807, 2.05) is 0 Å². The van der Waals surface area contributed by atoms with E-state index < -0.39 is 22.9 Å². The van der Waals surface area contributed by atoms with E-state index in [9.17, 15) is 13.2 Å². The summed E-state index contributed by atoms with van der Waals surface area (Å²) in [5.74, 6) is -4.43. The number of rotatable bonds is 4. The molecule has 0 aliphatic carbocycles. The molecule has 0 aliphatic rings. The van der Waals surface area contributed by atoms with Gasteiger partial charge in [0.1, 0.15) is 5.83 Å². The maximum absolute atomic E-state index is 13.3. The van der Waals surface area contributed by atoms with Crippen LogP contribution in [0.2, 0.25) is 0 Å². The smallest absolute Gasteiger partial charge is 0.206 e. The highest BCUT2D eigenvalue weighted by molar-refractivity contribution is 5.41. The fourth-order valence-corrected chi connectivity index (χ4v) is 0.815. The fraction of sp³-hybridized carbons (Fsp3) is 0.273. The molecule has 0 N–H and O–H groups in total. The van der Waals surface area contributed by atoms with Crippen molar-refractivity contribution in [1.29, 1.82) is 0 Å². The Bertz CT molecular complexity index is 308. The number of hydrogen-bond acceptors (Lipinski definition) is 0. The lowest BCUT2D eigenvalue weighted by Crippen LogP contribution is -2.20. The first-order valence-corrected chi connectivity index (χ1v) is 3.97. The van der Waals surface area contributed by atoms with E-state index in [1.54, 1.807) is 0 Å². The van der Waals surface area contributed by atoms with Crippen molar-refractivity contribution >= 4 is 0 Å². The van der Waals surface area contributed by atoms with E-state index in [-0.39, 0.29) is 5.57 Å². The molecular weight excluding hydrogens is 189 g/mol. The minimum Gasteiger partial charge on any atom is -0.206 e. The summed E-state index contributed by atoms with van der Waals surface area (Å²) in [7, 11) is 0. The highest BCUT2D eigenvalue weighted by atomic mass is 19.3. The average molecular weight is 202 g/mol. The van der Waals surface area contributed by atoms with Crippen molar-refractivity contribution in [2.75, 3.05) is 0 Å². The molecule has 0 rings (SSSR count). The van der Waals surface area contributed by atoms with Gasteiger partial charge in [0.05, 0.1) is 5.57 Å². The quantitative estimate of drug-likeness (QED) is 0.473. The Morgan fingerprint density at radius 2 is 1.64 bits per heavy atom. The lowest BCUT2D eigenvalue weighted by molar-refractivity contribution is 0.0850. The second-order valence-corrected chi connectivity index (χ2v) is 3.07. The molecule has 14 heavy (non-hydrogen) atoms. The standard InChI is InChI=1S/C11H13F3/c1-6-9(10(12)7(2)3)11(13,14)8(4)5/h6H,1-2,4H2,3,5H3/b10-9-. The third-order valence-electron chi connectivity index (χ3n) is 1.69. The van der Waals surface area contributed by atoms with Crippen molar-refractivity contribution in [3.63, 3.8) is 0 Å². The summed E-state index contributed by atoms with van der Waals surface area (Å²) < 4.78 is 39.9. The van der Waals surface area contributed by atoms with Gasteiger partial charge in [0.15, 0.2) is 0 Å². The highest BCUT2D eigenvalue weighted by Gasteiger charge is 2.36. The lowest BCUT2D eigenvalue weighted by Gasteiger charge is -2.18. The summed E-state index contributed by atoms with van der Waals surface area (Å²) in [6.45, 7) is 12.0. The van der Waals surface area contributed by atoms with Crippen LogP contribution in [-0.4, -0.2) is 5.92 Å². The van der Waals surface area contributed by atoms with Crippen molar-refractivity contribution in [1.82, 2.24) is 0 Å². The Balaban J connectivity index is 5.51. The summed E-state index contributed by atoms with van der Waals surface area (Å²) in [4.78, 5) is 0. The van der Waals surface area contributed by atoms with Crippen LogP contribution in [0.15, 0.2) is 48.4 Å². The van der Waals surface area contributed by atoms with E-state index in [1.165, 1.54) is 6.92 Å². The summed E-state index contributed by atoms with van der Waals surface area (Å²) in [6.07, 6.45) is 0.790. The van der Waals surface area contributed by atoms with Gasteiger partial charge in [0.25, 0.3) is 5.92 Å². The molecule has 78 valence electrons. The molecule has 0 bridgehead atoms. The molecule has 0 atom stereocenters. The third kappa shape index (κ3) is 2.37. The van der Waals surface area contributed by atoms with Crippen LogP contribution in [0.4, 0.5) is 13.2 Å². The molecule has 0 aromatic heterocycles. The number of allylic oxidation sites excluding steroid dienone is 5. The van der Waals surface area contributed by atoms with Gasteiger partial charge < -0.3 is 0 Å². The summed E-state index contributed by atoms with van der Waals surface area (Å²) in [6, 6.07) is 0. The van der Waals surface area contributed by atoms with Gasteiger partial charge in [-0.2, -0.15) is 8.78 Å². The van der Waals surface area contributed by atoms with Gasteiger partial charge in [0, 0.05) is 0 Å². The molecular formula is C11H13F3. The lowest BCUT2D eigenvalue weighted by atomic mass is 10.00. The molecule has 0 radical (unpaired) electrons. The van der Waals surface area contributed by atoms with Crippen molar-refractivity contribution in [3.05, 3.63) is 48.4 Å². The summed E-state index contributed by atoms with van der Waals surface area (Å²) >= 11 is 0.